The Labute approximate surface area is 228 Å². The number of hydrogen-bond acceptors (Lipinski definition) is 5. The number of nitrogens with one attached hydrogen (secondary N) is 1. The minimum atomic E-state index is -1.76. The SMILES string of the molecule is Cc1cccc(C(=O)NC(C(=O)c2ccc(Cl)c(F)c2)n2cc(Br)c(=O)n(C(=O)c3ccccc3)c2=O)c1. The monoisotopic (exact) mass is 597 g/mol. The van der Waals surface area contributed by atoms with E-state index in [4.69, 9.17) is 11.6 Å². The first-order chi connectivity index (χ1) is 18.1. The molecule has 192 valence electrons. The topological polar surface area (TPSA) is 107 Å². The fourth-order valence-corrected chi connectivity index (χ4v) is 4.19. The molecule has 3 aromatic carbocycles. The van der Waals surface area contributed by atoms with Crippen molar-refractivity contribution in [1.29, 1.82) is 0 Å². The van der Waals surface area contributed by atoms with Crippen molar-refractivity contribution in [3.05, 3.63) is 137 Å². The molecule has 1 N–H and O–H groups in total. The number of halogens is 3. The van der Waals surface area contributed by atoms with Crippen molar-refractivity contribution < 1.29 is 18.8 Å². The number of benzene rings is 3. The number of hydrogen-bond donors (Lipinski definition) is 1. The fraction of sp³-hybridized carbons (Fsp3) is 0.0741. The second-order valence-electron chi connectivity index (χ2n) is 8.22. The van der Waals surface area contributed by atoms with E-state index < -0.39 is 40.8 Å². The van der Waals surface area contributed by atoms with Crippen molar-refractivity contribution >= 4 is 45.1 Å². The van der Waals surface area contributed by atoms with Gasteiger partial charge in [-0.1, -0.05) is 47.5 Å². The van der Waals surface area contributed by atoms with Gasteiger partial charge in [0.05, 0.1) is 9.50 Å². The molecule has 0 bridgehead atoms. The van der Waals surface area contributed by atoms with Crippen LogP contribution in [0.2, 0.25) is 5.02 Å². The molecule has 4 aromatic rings. The minimum Gasteiger partial charge on any atom is -0.325 e. The molecule has 1 aromatic heterocycles. The molecule has 0 saturated carbocycles. The van der Waals surface area contributed by atoms with E-state index in [1.54, 1.807) is 43.3 Å². The van der Waals surface area contributed by atoms with Crippen LogP contribution in [0.5, 0.6) is 0 Å². The fourth-order valence-electron chi connectivity index (χ4n) is 3.68. The van der Waals surface area contributed by atoms with Crippen LogP contribution in [0.3, 0.4) is 0 Å². The highest BCUT2D eigenvalue weighted by molar-refractivity contribution is 9.10. The lowest BCUT2D eigenvalue weighted by molar-refractivity contribution is 0.0807. The Balaban J connectivity index is 1.89. The highest BCUT2D eigenvalue weighted by atomic mass is 79.9. The van der Waals surface area contributed by atoms with Crippen LogP contribution in [-0.2, 0) is 0 Å². The zero-order valence-corrected chi connectivity index (χ0v) is 22.0. The summed E-state index contributed by atoms with van der Waals surface area (Å²) < 4.78 is 15.0. The number of ketones is 1. The Kier molecular flexibility index (Phi) is 7.84. The van der Waals surface area contributed by atoms with Gasteiger partial charge in [0.25, 0.3) is 17.4 Å². The zero-order chi connectivity index (χ0) is 27.6. The van der Waals surface area contributed by atoms with Gasteiger partial charge in [-0.05, 0) is 65.3 Å². The van der Waals surface area contributed by atoms with Crippen molar-refractivity contribution in [1.82, 2.24) is 14.5 Å². The summed E-state index contributed by atoms with van der Waals surface area (Å²) in [6.45, 7) is 1.77. The summed E-state index contributed by atoms with van der Waals surface area (Å²) >= 11 is 8.79. The van der Waals surface area contributed by atoms with Crippen LogP contribution >= 0.6 is 27.5 Å². The van der Waals surface area contributed by atoms with Crippen molar-refractivity contribution in [3.8, 4) is 0 Å². The van der Waals surface area contributed by atoms with Gasteiger partial charge in [-0.15, -0.1) is 0 Å². The number of amides is 1. The highest BCUT2D eigenvalue weighted by Crippen LogP contribution is 2.20. The van der Waals surface area contributed by atoms with E-state index in [2.05, 4.69) is 21.2 Å². The lowest BCUT2D eigenvalue weighted by atomic mass is 10.1. The summed E-state index contributed by atoms with van der Waals surface area (Å²) in [7, 11) is 0. The van der Waals surface area contributed by atoms with Crippen LogP contribution in [0.4, 0.5) is 4.39 Å². The van der Waals surface area contributed by atoms with Crippen LogP contribution in [0.15, 0.2) is 93.1 Å². The third-order valence-electron chi connectivity index (χ3n) is 5.57. The normalized spacial score (nSPS) is 11.6. The number of aryl methyl sites for hydroxylation is 1. The molecule has 0 radical (unpaired) electrons. The van der Waals surface area contributed by atoms with Crippen LogP contribution in [-0.4, -0.2) is 26.7 Å². The Morgan fingerprint density at radius 1 is 0.921 bits per heavy atom. The summed E-state index contributed by atoms with van der Waals surface area (Å²) in [6, 6.07) is 17.3. The molecular weight excluding hydrogens is 581 g/mol. The number of rotatable bonds is 6. The second-order valence-corrected chi connectivity index (χ2v) is 9.48. The van der Waals surface area contributed by atoms with E-state index in [-0.39, 0.29) is 26.2 Å². The lowest BCUT2D eigenvalue weighted by Crippen LogP contribution is -2.49. The van der Waals surface area contributed by atoms with Gasteiger partial charge in [0.15, 0.2) is 6.17 Å². The van der Waals surface area contributed by atoms with Crippen LogP contribution < -0.4 is 16.6 Å². The summed E-state index contributed by atoms with van der Waals surface area (Å²) in [4.78, 5) is 66.1. The summed E-state index contributed by atoms with van der Waals surface area (Å²) in [6.07, 6.45) is -0.770. The molecule has 1 atom stereocenters. The van der Waals surface area contributed by atoms with Gasteiger partial charge in [-0.3, -0.25) is 23.7 Å². The Hall–Kier alpha value is -4.15. The van der Waals surface area contributed by atoms with Gasteiger partial charge in [-0.2, -0.15) is 4.57 Å². The first-order valence-corrected chi connectivity index (χ1v) is 12.3. The van der Waals surface area contributed by atoms with E-state index >= 15 is 0 Å². The molecule has 0 aliphatic rings. The molecule has 0 spiro atoms. The largest absolute Gasteiger partial charge is 0.340 e. The van der Waals surface area contributed by atoms with Crippen molar-refractivity contribution in [2.75, 3.05) is 0 Å². The predicted octanol–water partition coefficient (Wildman–Crippen LogP) is 4.37. The van der Waals surface area contributed by atoms with Gasteiger partial charge in [0, 0.05) is 22.9 Å². The second kappa shape index (κ2) is 11.1. The standard InChI is InChI=1S/C27H18BrClFN3O5/c1-15-6-5-9-18(12-15)24(35)31-23(22(34)17-10-11-20(29)21(30)13-17)32-14-19(28)26(37)33(27(32)38)25(36)16-7-3-2-4-8-16/h2-14,23H,1H3,(H,31,35). The van der Waals surface area contributed by atoms with Gasteiger partial charge < -0.3 is 5.32 Å². The van der Waals surface area contributed by atoms with E-state index in [9.17, 15) is 28.4 Å². The van der Waals surface area contributed by atoms with E-state index in [1.165, 1.54) is 24.3 Å². The van der Waals surface area contributed by atoms with Crippen LogP contribution in [0.1, 0.15) is 42.8 Å². The molecule has 0 saturated heterocycles. The molecule has 38 heavy (non-hydrogen) atoms. The maximum Gasteiger partial charge on any atom is 0.340 e. The third kappa shape index (κ3) is 5.41. The van der Waals surface area contributed by atoms with Crippen molar-refractivity contribution in [2.45, 2.75) is 13.1 Å². The Bertz CT molecular complexity index is 1700. The molecule has 11 heteroatoms. The predicted molar refractivity (Wildman–Crippen MR) is 142 cm³/mol. The molecule has 1 heterocycles. The average Bonchev–Trinajstić information content (AvgIpc) is 2.91. The van der Waals surface area contributed by atoms with Crippen LogP contribution in [0.25, 0.3) is 0 Å². The number of nitrogens with zero attached hydrogens (tertiary/aromatic N) is 2. The summed E-state index contributed by atoms with van der Waals surface area (Å²) in [5, 5.41) is 2.24. The van der Waals surface area contributed by atoms with E-state index in [0.717, 1.165) is 28.5 Å². The van der Waals surface area contributed by atoms with E-state index in [0.29, 0.717) is 4.57 Å². The quantitative estimate of drug-likeness (QED) is 0.332. The third-order valence-corrected chi connectivity index (χ3v) is 6.43. The Morgan fingerprint density at radius 2 is 1.61 bits per heavy atom. The maximum atomic E-state index is 14.2. The number of aromatic nitrogens is 2. The zero-order valence-electron chi connectivity index (χ0n) is 19.7. The molecule has 4 rings (SSSR count). The van der Waals surface area contributed by atoms with Gasteiger partial charge in [0.2, 0.25) is 5.78 Å². The number of carbonyl (C=O) groups is 3. The number of Topliss-reactive ketones (excluding diaryl/α,β-unsaturated/α-hetero) is 1. The first-order valence-electron chi connectivity index (χ1n) is 11.1. The smallest absolute Gasteiger partial charge is 0.325 e. The molecular formula is C27H18BrClFN3O5. The van der Waals surface area contributed by atoms with E-state index in [1.807, 2.05) is 0 Å². The first kappa shape index (κ1) is 26.9. The molecule has 0 aliphatic carbocycles. The summed E-state index contributed by atoms with van der Waals surface area (Å²) in [5.74, 6) is -3.45. The summed E-state index contributed by atoms with van der Waals surface area (Å²) in [5.41, 5.74) is -1.37. The van der Waals surface area contributed by atoms with Crippen molar-refractivity contribution in [3.63, 3.8) is 0 Å². The average molecular weight is 599 g/mol. The molecule has 0 fully saturated rings. The Morgan fingerprint density at radius 3 is 2.26 bits per heavy atom. The molecule has 0 aliphatic heterocycles. The molecule has 1 unspecified atom stereocenters. The number of carbonyl (C=O) groups excluding carboxylic acids is 3. The molecule has 8 nitrogen and oxygen atoms in total. The van der Waals surface area contributed by atoms with Gasteiger partial charge in [-0.25, -0.2) is 9.18 Å². The van der Waals surface area contributed by atoms with Crippen LogP contribution in [0, 0.1) is 12.7 Å². The maximum absolute atomic E-state index is 14.2. The minimum absolute atomic E-state index is 0.0443. The van der Waals surface area contributed by atoms with Gasteiger partial charge in [0.1, 0.15) is 5.82 Å². The highest BCUT2D eigenvalue weighted by Gasteiger charge is 2.29. The molecule has 1 amide bonds. The lowest BCUT2D eigenvalue weighted by Gasteiger charge is -2.21. The van der Waals surface area contributed by atoms with Crippen molar-refractivity contribution in [2.24, 2.45) is 0 Å². The van der Waals surface area contributed by atoms with Gasteiger partial charge >= 0.3 is 5.69 Å².